The zero-order valence-corrected chi connectivity index (χ0v) is 21.8. The van der Waals surface area contributed by atoms with E-state index in [0.717, 1.165) is 56.0 Å². The lowest BCUT2D eigenvalue weighted by atomic mass is 9.92. The molecule has 1 aromatic heterocycles. The molecule has 8 heteroatoms. The van der Waals surface area contributed by atoms with Gasteiger partial charge in [0.05, 0.1) is 25.2 Å². The van der Waals surface area contributed by atoms with Crippen LogP contribution < -0.4 is 10.9 Å². The minimum absolute atomic E-state index is 0.115. The molecule has 2 aromatic carbocycles. The van der Waals surface area contributed by atoms with E-state index in [2.05, 4.69) is 56.3 Å². The van der Waals surface area contributed by atoms with Crippen LogP contribution in [0.1, 0.15) is 40.8 Å². The maximum atomic E-state index is 13.0. The third-order valence-corrected chi connectivity index (χ3v) is 6.80. The Morgan fingerprint density at radius 1 is 1.11 bits per heavy atom. The van der Waals surface area contributed by atoms with Crippen molar-refractivity contribution in [2.75, 3.05) is 46.1 Å². The van der Waals surface area contributed by atoms with Gasteiger partial charge in [0.15, 0.2) is 0 Å². The molecule has 3 N–H and O–H groups in total. The minimum atomic E-state index is -0.574. The molecule has 0 saturated carbocycles. The first-order chi connectivity index (χ1) is 18.5. The standard InChI is InChI=1S/C30H35FN4O3/c1-22(19-31)32-20-27(18-28-29(36)30(37)34-21-33-28)26-10-8-24(9-11-26)3-2-23-4-6-25(7-5-23)12-13-35-14-16-38-17-15-35/h4-11,21-22,27,32,36H,12-20H2,1H3,(H,33,34,37)/t22-,27?/m0/s1. The Kier molecular flexibility index (Phi) is 10.0. The first-order valence-corrected chi connectivity index (χ1v) is 13.1. The highest BCUT2D eigenvalue weighted by molar-refractivity contribution is 5.44. The highest BCUT2D eigenvalue weighted by atomic mass is 19.1. The molecule has 3 aromatic rings. The van der Waals surface area contributed by atoms with Crippen LogP contribution in [0.4, 0.5) is 4.39 Å². The number of benzene rings is 2. The molecule has 0 bridgehead atoms. The molecule has 1 fully saturated rings. The Hall–Kier alpha value is -3.51. The first kappa shape index (κ1) is 27.5. The van der Waals surface area contributed by atoms with Gasteiger partial charge in [-0.15, -0.1) is 0 Å². The second kappa shape index (κ2) is 13.9. The number of alkyl halides is 1. The van der Waals surface area contributed by atoms with E-state index in [0.29, 0.717) is 18.7 Å². The van der Waals surface area contributed by atoms with Crippen molar-refractivity contribution in [3.63, 3.8) is 0 Å². The van der Waals surface area contributed by atoms with Crippen molar-refractivity contribution >= 4 is 0 Å². The maximum Gasteiger partial charge on any atom is 0.293 e. The average Bonchev–Trinajstić information content (AvgIpc) is 2.96. The van der Waals surface area contributed by atoms with Crippen LogP contribution in [0, 0.1) is 11.8 Å². The lowest BCUT2D eigenvalue weighted by Gasteiger charge is -2.26. The van der Waals surface area contributed by atoms with Crippen LogP contribution in [-0.2, 0) is 17.6 Å². The number of hydrogen-bond donors (Lipinski definition) is 3. The summed E-state index contributed by atoms with van der Waals surface area (Å²) in [6.07, 6.45) is 2.63. The number of nitrogens with one attached hydrogen (secondary N) is 2. The summed E-state index contributed by atoms with van der Waals surface area (Å²) in [5, 5.41) is 13.3. The maximum absolute atomic E-state index is 13.0. The van der Waals surface area contributed by atoms with Gasteiger partial charge in [-0.25, -0.2) is 9.37 Å². The Labute approximate surface area is 223 Å². The molecule has 1 unspecified atom stereocenters. The topological polar surface area (TPSA) is 90.5 Å². The fourth-order valence-electron chi connectivity index (χ4n) is 4.37. The zero-order valence-electron chi connectivity index (χ0n) is 21.8. The lowest BCUT2D eigenvalue weighted by Crippen LogP contribution is -2.37. The van der Waals surface area contributed by atoms with E-state index in [1.807, 2.05) is 24.3 Å². The van der Waals surface area contributed by atoms with Crippen LogP contribution in [0.5, 0.6) is 5.75 Å². The summed E-state index contributed by atoms with van der Waals surface area (Å²) in [6, 6.07) is 16.0. The number of ether oxygens (including phenoxy) is 1. The van der Waals surface area contributed by atoms with Gasteiger partial charge in [0.2, 0.25) is 5.75 Å². The van der Waals surface area contributed by atoms with Gasteiger partial charge in [-0.3, -0.25) is 9.69 Å². The highest BCUT2D eigenvalue weighted by Crippen LogP contribution is 2.23. The molecular weight excluding hydrogens is 483 g/mol. The van der Waals surface area contributed by atoms with Crippen molar-refractivity contribution < 1.29 is 14.2 Å². The summed E-state index contributed by atoms with van der Waals surface area (Å²) in [6.45, 7) is 6.45. The number of aromatic hydroxyl groups is 1. The summed E-state index contributed by atoms with van der Waals surface area (Å²) in [5.41, 5.74) is 3.86. The van der Waals surface area contributed by atoms with Gasteiger partial charge in [0.1, 0.15) is 6.67 Å². The largest absolute Gasteiger partial charge is 0.502 e. The summed E-state index contributed by atoms with van der Waals surface area (Å²) >= 11 is 0. The predicted molar refractivity (Wildman–Crippen MR) is 146 cm³/mol. The monoisotopic (exact) mass is 518 g/mol. The molecule has 7 nitrogen and oxygen atoms in total. The van der Waals surface area contributed by atoms with Gasteiger partial charge in [0.25, 0.3) is 5.56 Å². The molecule has 1 saturated heterocycles. The van der Waals surface area contributed by atoms with Crippen LogP contribution in [0.15, 0.2) is 59.7 Å². The van der Waals surface area contributed by atoms with Crippen molar-refractivity contribution in [3.05, 3.63) is 93.2 Å². The van der Waals surface area contributed by atoms with E-state index in [9.17, 15) is 14.3 Å². The van der Waals surface area contributed by atoms with Crippen LogP contribution in [0.25, 0.3) is 0 Å². The van der Waals surface area contributed by atoms with Crippen molar-refractivity contribution in [2.24, 2.45) is 0 Å². The highest BCUT2D eigenvalue weighted by Gasteiger charge is 2.18. The number of morpholine rings is 1. The number of halogens is 1. The molecule has 2 heterocycles. The molecule has 4 rings (SSSR count). The van der Waals surface area contributed by atoms with Crippen molar-refractivity contribution in [1.82, 2.24) is 20.2 Å². The summed E-state index contributed by atoms with van der Waals surface area (Å²) < 4.78 is 18.4. The Morgan fingerprint density at radius 3 is 2.42 bits per heavy atom. The molecule has 38 heavy (non-hydrogen) atoms. The molecule has 1 aliphatic rings. The molecule has 0 amide bonds. The third-order valence-electron chi connectivity index (χ3n) is 6.80. The van der Waals surface area contributed by atoms with Crippen molar-refractivity contribution in [3.8, 4) is 17.6 Å². The van der Waals surface area contributed by atoms with Gasteiger partial charge in [-0.1, -0.05) is 36.1 Å². The van der Waals surface area contributed by atoms with Crippen LogP contribution in [0.3, 0.4) is 0 Å². The van der Waals surface area contributed by atoms with E-state index in [-0.39, 0.29) is 17.7 Å². The average molecular weight is 519 g/mol. The molecular formula is C30H35FN4O3. The van der Waals surface area contributed by atoms with Crippen molar-refractivity contribution in [2.45, 2.75) is 31.7 Å². The number of H-pyrrole nitrogens is 1. The minimum Gasteiger partial charge on any atom is -0.502 e. The fraction of sp³-hybridized carbons (Fsp3) is 0.400. The summed E-state index contributed by atoms with van der Waals surface area (Å²) in [5.74, 6) is 5.95. The van der Waals surface area contributed by atoms with Crippen LogP contribution in [0.2, 0.25) is 0 Å². The number of aromatic amines is 1. The SMILES string of the molecule is C[C@@H](CF)NCC(Cc1nc[nH]c(=O)c1O)c1ccc(C#Cc2ccc(CCN3CCOCC3)cc2)cc1. The molecule has 0 spiro atoms. The van der Waals surface area contributed by atoms with Gasteiger partial charge < -0.3 is 20.1 Å². The van der Waals surface area contributed by atoms with E-state index >= 15 is 0 Å². The quantitative estimate of drug-likeness (QED) is 0.358. The number of rotatable bonds is 10. The summed E-state index contributed by atoms with van der Waals surface area (Å²) in [4.78, 5) is 20.7. The fourth-order valence-corrected chi connectivity index (χ4v) is 4.37. The molecule has 1 aliphatic heterocycles. The van der Waals surface area contributed by atoms with E-state index < -0.39 is 12.2 Å². The third kappa shape index (κ3) is 7.99. The number of hydrogen-bond acceptors (Lipinski definition) is 6. The van der Waals surface area contributed by atoms with Gasteiger partial charge in [-0.05, 0) is 48.7 Å². The van der Waals surface area contributed by atoms with Gasteiger partial charge in [-0.2, -0.15) is 0 Å². The second-order valence-corrected chi connectivity index (χ2v) is 9.66. The van der Waals surface area contributed by atoms with Gasteiger partial charge in [0, 0.05) is 55.7 Å². The summed E-state index contributed by atoms with van der Waals surface area (Å²) in [7, 11) is 0. The lowest BCUT2D eigenvalue weighted by molar-refractivity contribution is 0.0384. The molecule has 0 aliphatic carbocycles. The Bertz CT molecular complexity index is 1280. The normalized spacial score (nSPS) is 15.4. The van der Waals surface area contributed by atoms with E-state index in [1.165, 1.54) is 11.9 Å². The Morgan fingerprint density at radius 2 is 1.76 bits per heavy atom. The smallest absolute Gasteiger partial charge is 0.293 e. The first-order valence-electron chi connectivity index (χ1n) is 13.1. The van der Waals surface area contributed by atoms with Gasteiger partial charge >= 0.3 is 0 Å². The second-order valence-electron chi connectivity index (χ2n) is 9.66. The van der Waals surface area contributed by atoms with Crippen molar-refractivity contribution in [1.29, 1.82) is 0 Å². The van der Waals surface area contributed by atoms with E-state index in [1.54, 1.807) is 6.92 Å². The molecule has 0 radical (unpaired) electrons. The van der Waals surface area contributed by atoms with Crippen LogP contribution >= 0.6 is 0 Å². The zero-order chi connectivity index (χ0) is 26.7. The predicted octanol–water partition coefficient (Wildman–Crippen LogP) is 3.02. The Balaban J connectivity index is 1.40. The number of nitrogens with zero attached hydrogens (tertiary/aromatic N) is 2. The number of aromatic nitrogens is 2. The van der Waals surface area contributed by atoms with Crippen LogP contribution in [-0.4, -0.2) is 72.1 Å². The molecule has 2 atom stereocenters. The van der Waals surface area contributed by atoms with E-state index in [4.69, 9.17) is 4.74 Å². The molecule has 200 valence electrons.